The Labute approximate surface area is 116 Å². The van der Waals surface area contributed by atoms with E-state index >= 15 is 0 Å². The number of aliphatic hydroxyl groups excluding tert-OH is 1. The smallest absolute Gasteiger partial charge is 0.102 e. The monoisotopic (exact) mass is 266 g/mol. The van der Waals surface area contributed by atoms with Crippen LogP contribution in [-0.4, -0.2) is 37.6 Å². The first-order chi connectivity index (χ1) is 9.15. The molecule has 0 fully saturated rings. The van der Waals surface area contributed by atoms with Crippen molar-refractivity contribution < 1.29 is 14.6 Å². The van der Waals surface area contributed by atoms with Gasteiger partial charge in [0.05, 0.1) is 19.3 Å². The van der Waals surface area contributed by atoms with E-state index in [0.717, 1.165) is 18.4 Å². The Kier molecular flexibility index (Phi) is 7.72. The molecule has 0 aromatic heterocycles. The number of allylic oxidation sites excluding steroid dienone is 2. The Morgan fingerprint density at radius 1 is 1.26 bits per heavy atom. The van der Waals surface area contributed by atoms with Gasteiger partial charge in [0.25, 0.3) is 0 Å². The molecule has 3 atom stereocenters. The molecule has 108 valence electrons. The van der Waals surface area contributed by atoms with Crippen LogP contribution in [0.3, 0.4) is 0 Å². The number of rotatable bonds is 1. The molecule has 0 spiro atoms. The van der Waals surface area contributed by atoms with Crippen LogP contribution >= 0.6 is 0 Å². The van der Waals surface area contributed by atoms with Crippen LogP contribution in [0.1, 0.15) is 26.7 Å². The molecule has 3 nitrogen and oxygen atoms in total. The van der Waals surface area contributed by atoms with E-state index in [1.54, 1.807) is 7.11 Å². The van der Waals surface area contributed by atoms with Crippen LogP contribution < -0.4 is 0 Å². The molecule has 1 aliphatic heterocycles. The number of methoxy groups -OCH3 is 1. The van der Waals surface area contributed by atoms with Gasteiger partial charge in [0.15, 0.2) is 0 Å². The fraction of sp³-hybridized carbons (Fsp3) is 0.625. The second-order valence-corrected chi connectivity index (χ2v) is 5.06. The standard InChI is InChI=1S/C16H26O3/c1-13-11-14(2)16(17)15(18-3)9-7-5-4-6-8-10-19-12-13/h6-9,11,14-17H,4-5,10,12H2,1-3H3/b8-6+,9-7+,13-11-/t14?,15-,16-/m0/s1. The number of aliphatic hydroxyl groups is 1. The van der Waals surface area contributed by atoms with Gasteiger partial charge in [-0.3, -0.25) is 0 Å². The van der Waals surface area contributed by atoms with Crippen molar-refractivity contribution in [2.75, 3.05) is 20.3 Å². The van der Waals surface area contributed by atoms with Crippen molar-refractivity contribution >= 4 is 0 Å². The second-order valence-electron chi connectivity index (χ2n) is 5.06. The van der Waals surface area contributed by atoms with Gasteiger partial charge in [-0.05, 0) is 19.8 Å². The molecule has 1 rings (SSSR count). The highest BCUT2D eigenvalue weighted by atomic mass is 16.5. The summed E-state index contributed by atoms with van der Waals surface area (Å²) in [4.78, 5) is 0. The highest BCUT2D eigenvalue weighted by Crippen LogP contribution is 2.15. The maximum Gasteiger partial charge on any atom is 0.102 e. The fourth-order valence-corrected chi connectivity index (χ4v) is 2.12. The summed E-state index contributed by atoms with van der Waals surface area (Å²) in [6.07, 6.45) is 11.4. The highest BCUT2D eigenvalue weighted by molar-refractivity contribution is 5.06. The summed E-state index contributed by atoms with van der Waals surface area (Å²) in [6.45, 7) is 5.28. The fourth-order valence-electron chi connectivity index (χ4n) is 2.12. The minimum atomic E-state index is -0.533. The van der Waals surface area contributed by atoms with Gasteiger partial charge in [0.1, 0.15) is 6.10 Å². The van der Waals surface area contributed by atoms with E-state index in [2.05, 4.69) is 24.3 Å². The predicted octanol–water partition coefficient (Wildman–Crippen LogP) is 2.87. The molecule has 0 saturated carbocycles. The molecule has 0 bridgehead atoms. The lowest BCUT2D eigenvalue weighted by Gasteiger charge is -2.23. The zero-order chi connectivity index (χ0) is 14.1. The largest absolute Gasteiger partial charge is 0.389 e. The lowest BCUT2D eigenvalue weighted by atomic mass is 9.96. The molecule has 0 saturated heterocycles. The van der Waals surface area contributed by atoms with Crippen molar-refractivity contribution in [2.45, 2.75) is 38.9 Å². The van der Waals surface area contributed by atoms with Gasteiger partial charge < -0.3 is 14.6 Å². The van der Waals surface area contributed by atoms with Crippen LogP contribution in [0.25, 0.3) is 0 Å². The van der Waals surface area contributed by atoms with Crippen molar-refractivity contribution in [3.05, 3.63) is 36.0 Å². The minimum absolute atomic E-state index is 0.0386. The summed E-state index contributed by atoms with van der Waals surface area (Å²) < 4.78 is 10.9. The Morgan fingerprint density at radius 2 is 2.00 bits per heavy atom. The lowest BCUT2D eigenvalue weighted by Crippen LogP contribution is -2.31. The van der Waals surface area contributed by atoms with Crippen molar-refractivity contribution in [3.63, 3.8) is 0 Å². The molecular weight excluding hydrogens is 240 g/mol. The third-order valence-corrected chi connectivity index (χ3v) is 3.23. The number of hydrogen-bond donors (Lipinski definition) is 1. The van der Waals surface area contributed by atoms with Gasteiger partial charge in [-0.25, -0.2) is 0 Å². The van der Waals surface area contributed by atoms with E-state index in [1.165, 1.54) is 0 Å². The molecule has 3 heteroatoms. The minimum Gasteiger partial charge on any atom is -0.389 e. The molecule has 1 N–H and O–H groups in total. The quantitative estimate of drug-likeness (QED) is 0.742. The first kappa shape index (κ1) is 16.2. The molecule has 1 aliphatic rings. The summed E-state index contributed by atoms with van der Waals surface area (Å²) in [7, 11) is 1.63. The summed E-state index contributed by atoms with van der Waals surface area (Å²) in [5, 5.41) is 10.3. The lowest BCUT2D eigenvalue weighted by molar-refractivity contribution is -0.00198. The topological polar surface area (TPSA) is 38.7 Å². The average Bonchev–Trinajstić information content (AvgIpc) is 2.39. The molecule has 0 aromatic rings. The van der Waals surface area contributed by atoms with Crippen LogP contribution in [0.5, 0.6) is 0 Å². The highest BCUT2D eigenvalue weighted by Gasteiger charge is 2.21. The van der Waals surface area contributed by atoms with Crippen LogP contribution in [0.15, 0.2) is 36.0 Å². The van der Waals surface area contributed by atoms with E-state index in [9.17, 15) is 5.11 Å². The summed E-state index contributed by atoms with van der Waals surface area (Å²) in [5.41, 5.74) is 1.14. The Hall–Kier alpha value is -0.900. The normalized spacial score (nSPS) is 36.8. The molecule has 0 amide bonds. The third kappa shape index (κ3) is 6.19. The van der Waals surface area contributed by atoms with Crippen molar-refractivity contribution in [2.24, 2.45) is 5.92 Å². The third-order valence-electron chi connectivity index (χ3n) is 3.23. The zero-order valence-electron chi connectivity index (χ0n) is 12.2. The summed E-state index contributed by atoms with van der Waals surface area (Å²) >= 11 is 0. The molecule has 0 aromatic carbocycles. The van der Waals surface area contributed by atoms with Gasteiger partial charge in [0.2, 0.25) is 0 Å². The Bertz CT molecular complexity index is 331. The SMILES string of the molecule is CO[C@H]1/C=C/CC/C=C/COC/C(C)=C\C(C)[C@@H]1O. The Morgan fingerprint density at radius 3 is 2.74 bits per heavy atom. The molecule has 1 unspecified atom stereocenters. The van der Waals surface area contributed by atoms with Crippen LogP contribution in [0.4, 0.5) is 0 Å². The summed E-state index contributed by atoms with van der Waals surface area (Å²) in [5.74, 6) is 0.0386. The zero-order valence-corrected chi connectivity index (χ0v) is 12.2. The Balaban J connectivity index is 2.77. The van der Waals surface area contributed by atoms with Gasteiger partial charge in [-0.15, -0.1) is 0 Å². The maximum atomic E-state index is 10.3. The number of hydrogen-bond acceptors (Lipinski definition) is 3. The van der Waals surface area contributed by atoms with E-state index < -0.39 is 6.10 Å². The van der Waals surface area contributed by atoms with E-state index in [0.29, 0.717) is 13.2 Å². The van der Waals surface area contributed by atoms with Crippen molar-refractivity contribution in [1.29, 1.82) is 0 Å². The van der Waals surface area contributed by atoms with Gasteiger partial charge in [-0.1, -0.05) is 42.9 Å². The van der Waals surface area contributed by atoms with Crippen LogP contribution in [0.2, 0.25) is 0 Å². The molecule has 0 aliphatic carbocycles. The maximum absolute atomic E-state index is 10.3. The van der Waals surface area contributed by atoms with E-state index in [1.807, 2.05) is 19.9 Å². The van der Waals surface area contributed by atoms with Crippen LogP contribution in [-0.2, 0) is 9.47 Å². The molecule has 19 heavy (non-hydrogen) atoms. The number of ether oxygens (including phenoxy) is 2. The molecule has 0 radical (unpaired) electrons. The predicted molar refractivity (Wildman–Crippen MR) is 78.1 cm³/mol. The van der Waals surface area contributed by atoms with Crippen molar-refractivity contribution in [3.8, 4) is 0 Å². The second kappa shape index (κ2) is 9.08. The molecule has 1 heterocycles. The van der Waals surface area contributed by atoms with Crippen molar-refractivity contribution in [1.82, 2.24) is 0 Å². The van der Waals surface area contributed by atoms with Gasteiger partial charge >= 0.3 is 0 Å². The average molecular weight is 266 g/mol. The molecular formula is C16H26O3. The van der Waals surface area contributed by atoms with E-state index in [-0.39, 0.29) is 12.0 Å². The van der Waals surface area contributed by atoms with Gasteiger partial charge in [-0.2, -0.15) is 0 Å². The van der Waals surface area contributed by atoms with Crippen LogP contribution in [0, 0.1) is 5.92 Å². The van der Waals surface area contributed by atoms with E-state index in [4.69, 9.17) is 9.47 Å². The first-order valence-corrected chi connectivity index (χ1v) is 6.92. The first-order valence-electron chi connectivity index (χ1n) is 6.92. The van der Waals surface area contributed by atoms with Gasteiger partial charge in [0, 0.05) is 13.0 Å². The summed E-state index contributed by atoms with van der Waals surface area (Å²) in [6, 6.07) is 0.